The van der Waals surface area contributed by atoms with Crippen molar-refractivity contribution >= 4 is 33.7 Å². The third-order valence-corrected chi connectivity index (χ3v) is 4.04. The van der Waals surface area contributed by atoms with Crippen molar-refractivity contribution in [3.8, 4) is 5.75 Å². The number of halogens is 1. The van der Waals surface area contributed by atoms with Gasteiger partial charge in [0.1, 0.15) is 17.4 Å². The fourth-order valence-electron chi connectivity index (χ4n) is 2.18. The standard InChI is InChI=1S/C19H29BrN2O5/c1-11(2)10-26-17(23)15(22-18(24)27-19(3,4)5)8-12-7-14(21)13(20)9-16(12)25-6/h7,9,11,15H,8,10,21H2,1-6H3,(H,22,24)/t15-/m0/s1. The Morgan fingerprint density at radius 1 is 1.26 bits per heavy atom. The second-order valence-electron chi connectivity index (χ2n) is 7.61. The van der Waals surface area contributed by atoms with Crippen molar-refractivity contribution in [1.82, 2.24) is 5.32 Å². The molecule has 0 aliphatic carbocycles. The molecule has 0 bridgehead atoms. The van der Waals surface area contributed by atoms with Gasteiger partial charge in [0, 0.05) is 16.6 Å². The molecule has 1 rings (SSSR count). The lowest BCUT2D eigenvalue weighted by Gasteiger charge is -2.24. The Hall–Kier alpha value is -1.96. The topological polar surface area (TPSA) is 99.9 Å². The second-order valence-corrected chi connectivity index (χ2v) is 8.47. The molecule has 0 fully saturated rings. The summed E-state index contributed by atoms with van der Waals surface area (Å²) < 4.78 is 16.6. The van der Waals surface area contributed by atoms with Gasteiger partial charge in [-0.25, -0.2) is 9.59 Å². The van der Waals surface area contributed by atoms with E-state index in [1.54, 1.807) is 32.9 Å². The number of nitrogens with one attached hydrogen (secondary N) is 1. The zero-order valence-corrected chi connectivity index (χ0v) is 18.3. The molecule has 0 radical (unpaired) electrons. The van der Waals surface area contributed by atoms with Gasteiger partial charge in [0.25, 0.3) is 0 Å². The fourth-order valence-corrected chi connectivity index (χ4v) is 2.50. The molecule has 3 N–H and O–H groups in total. The van der Waals surface area contributed by atoms with Crippen LogP contribution in [0.25, 0.3) is 0 Å². The van der Waals surface area contributed by atoms with Gasteiger partial charge in [-0.2, -0.15) is 0 Å². The highest BCUT2D eigenvalue weighted by Gasteiger charge is 2.27. The van der Waals surface area contributed by atoms with Crippen LogP contribution < -0.4 is 15.8 Å². The third-order valence-electron chi connectivity index (χ3n) is 3.36. The summed E-state index contributed by atoms with van der Waals surface area (Å²) >= 11 is 3.34. The summed E-state index contributed by atoms with van der Waals surface area (Å²) in [5.74, 6) is 0.177. The van der Waals surface area contributed by atoms with Crippen LogP contribution >= 0.6 is 15.9 Å². The lowest BCUT2D eigenvalue weighted by molar-refractivity contribution is -0.147. The molecule has 1 aromatic rings. The van der Waals surface area contributed by atoms with Gasteiger partial charge < -0.3 is 25.3 Å². The Morgan fingerprint density at radius 2 is 1.89 bits per heavy atom. The molecule has 0 heterocycles. The number of alkyl carbamates (subject to hydrolysis) is 1. The number of rotatable bonds is 7. The second kappa shape index (κ2) is 9.82. The van der Waals surface area contributed by atoms with Crippen LogP contribution in [0.1, 0.15) is 40.2 Å². The zero-order chi connectivity index (χ0) is 20.8. The Labute approximate surface area is 169 Å². The smallest absolute Gasteiger partial charge is 0.408 e. The summed E-state index contributed by atoms with van der Waals surface area (Å²) in [7, 11) is 1.52. The molecule has 0 unspecified atom stereocenters. The van der Waals surface area contributed by atoms with Crippen LogP contribution in [0.2, 0.25) is 0 Å². The van der Waals surface area contributed by atoms with Crippen LogP contribution in [-0.4, -0.2) is 37.4 Å². The molecule has 1 amide bonds. The van der Waals surface area contributed by atoms with Crippen LogP contribution in [0.4, 0.5) is 10.5 Å². The highest BCUT2D eigenvalue weighted by atomic mass is 79.9. The number of nitrogens with two attached hydrogens (primary N) is 1. The van der Waals surface area contributed by atoms with Crippen molar-refractivity contribution in [1.29, 1.82) is 0 Å². The summed E-state index contributed by atoms with van der Waals surface area (Å²) in [5.41, 5.74) is 6.43. The molecule has 0 aliphatic heterocycles. The van der Waals surface area contributed by atoms with E-state index in [0.29, 0.717) is 21.5 Å². The number of ether oxygens (including phenoxy) is 3. The van der Waals surface area contributed by atoms with Crippen molar-refractivity contribution in [2.24, 2.45) is 5.92 Å². The highest BCUT2D eigenvalue weighted by Crippen LogP contribution is 2.30. The third kappa shape index (κ3) is 8.07. The molecule has 0 spiro atoms. The van der Waals surface area contributed by atoms with Gasteiger partial charge in [-0.3, -0.25) is 0 Å². The first-order valence-corrected chi connectivity index (χ1v) is 9.50. The lowest BCUT2D eigenvalue weighted by Crippen LogP contribution is -2.45. The van der Waals surface area contributed by atoms with Crippen molar-refractivity contribution in [2.75, 3.05) is 19.5 Å². The number of hydrogen-bond donors (Lipinski definition) is 2. The fraction of sp³-hybridized carbons (Fsp3) is 0.579. The van der Waals surface area contributed by atoms with E-state index in [4.69, 9.17) is 19.9 Å². The van der Waals surface area contributed by atoms with Crippen molar-refractivity contribution in [3.05, 3.63) is 22.2 Å². The maximum Gasteiger partial charge on any atom is 0.408 e. The summed E-state index contributed by atoms with van der Waals surface area (Å²) in [6.07, 6.45) is -0.547. The van der Waals surface area contributed by atoms with Crippen LogP contribution in [0.15, 0.2) is 16.6 Å². The van der Waals surface area contributed by atoms with Crippen LogP contribution in [0.3, 0.4) is 0 Å². The van der Waals surface area contributed by atoms with E-state index < -0.39 is 23.7 Å². The summed E-state index contributed by atoms with van der Waals surface area (Å²) in [5, 5.41) is 2.59. The molecule has 152 valence electrons. The van der Waals surface area contributed by atoms with E-state index in [9.17, 15) is 9.59 Å². The predicted octanol–water partition coefficient (Wildman–Crippen LogP) is 3.67. The monoisotopic (exact) mass is 444 g/mol. The number of amides is 1. The summed E-state index contributed by atoms with van der Waals surface area (Å²) in [6, 6.07) is 2.48. The number of esters is 1. The van der Waals surface area contributed by atoms with E-state index >= 15 is 0 Å². The summed E-state index contributed by atoms with van der Waals surface area (Å²) in [6.45, 7) is 9.36. The molecule has 27 heavy (non-hydrogen) atoms. The Bertz CT molecular complexity index is 671. The summed E-state index contributed by atoms with van der Waals surface area (Å²) in [4.78, 5) is 24.7. The van der Waals surface area contributed by atoms with Gasteiger partial charge in [0.2, 0.25) is 0 Å². The predicted molar refractivity (Wildman–Crippen MR) is 108 cm³/mol. The lowest BCUT2D eigenvalue weighted by atomic mass is 10.0. The average molecular weight is 445 g/mol. The van der Waals surface area contributed by atoms with Gasteiger partial charge >= 0.3 is 12.1 Å². The number of methoxy groups -OCH3 is 1. The molecule has 0 saturated heterocycles. The van der Waals surface area contributed by atoms with Gasteiger partial charge in [-0.05, 0) is 60.3 Å². The van der Waals surface area contributed by atoms with E-state index in [1.165, 1.54) is 7.11 Å². The van der Waals surface area contributed by atoms with E-state index in [1.807, 2.05) is 13.8 Å². The number of hydrogen-bond acceptors (Lipinski definition) is 6. The number of carbonyl (C=O) groups excluding carboxylic acids is 2. The molecular formula is C19H29BrN2O5. The van der Waals surface area contributed by atoms with Crippen LogP contribution in [0.5, 0.6) is 5.75 Å². The first-order chi connectivity index (χ1) is 12.4. The average Bonchev–Trinajstić information content (AvgIpc) is 2.53. The molecule has 8 heteroatoms. The molecule has 0 aromatic heterocycles. The minimum atomic E-state index is -0.937. The van der Waals surface area contributed by atoms with Gasteiger partial charge in [0.05, 0.1) is 13.7 Å². The van der Waals surface area contributed by atoms with Gasteiger partial charge in [-0.15, -0.1) is 0 Å². The van der Waals surface area contributed by atoms with Crippen molar-refractivity contribution in [3.63, 3.8) is 0 Å². The quantitative estimate of drug-likeness (QED) is 0.491. The molecule has 7 nitrogen and oxygen atoms in total. The Morgan fingerprint density at radius 3 is 2.41 bits per heavy atom. The zero-order valence-electron chi connectivity index (χ0n) is 16.7. The molecule has 1 aromatic carbocycles. The molecule has 0 saturated carbocycles. The van der Waals surface area contributed by atoms with E-state index in [-0.39, 0.29) is 18.9 Å². The van der Waals surface area contributed by atoms with Gasteiger partial charge in [-0.1, -0.05) is 13.8 Å². The van der Waals surface area contributed by atoms with Crippen LogP contribution in [0, 0.1) is 5.92 Å². The SMILES string of the molecule is COc1cc(Br)c(N)cc1C[C@H](NC(=O)OC(C)(C)C)C(=O)OCC(C)C. The minimum Gasteiger partial charge on any atom is -0.496 e. The van der Waals surface area contributed by atoms with Crippen molar-refractivity contribution < 1.29 is 23.8 Å². The minimum absolute atomic E-state index is 0.150. The molecule has 1 atom stereocenters. The maximum absolute atomic E-state index is 12.5. The van der Waals surface area contributed by atoms with E-state index in [0.717, 1.165) is 0 Å². The maximum atomic E-state index is 12.5. The number of benzene rings is 1. The first kappa shape index (κ1) is 23.1. The van der Waals surface area contributed by atoms with E-state index in [2.05, 4.69) is 21.2 Å². The van der Waals surface area contributed by atoms with Crippen LogP contribution in [-0.2, 0) is 20.7 Å². The first-order valence-electron chi connectivity index (χ1n) is 8.71. The molecule has 0 aliphatic rings. The number of nitrogen functional groups attached to an aromatic ring is 1. The molecular weight excluding hydrogens is 416 g/mol. The highest BCUT2D eigenvalue weighted by molar-refractivity contribution is 9.10. The number of anilines is 1. The van der Waals surface area contributed by atoms with Gasteiger partial charge in [0.15, 0.2) is 0 Å². The largest absolute Gasteiger partial charge is 0.496 e. The Kier molecular flexibility index (Phi) is 8.40. The van der Waals surface area contributed by atoms with Crippen molar-refractivity contribution in [2.45, 2.75) is 52.7 Å². The normalized spacial score (nSPS) is 12.4. The Balaban J connectivity index is 3.05. The number of carbonyl (C=O) groups is 2.